The highest BCUT2D eigenvalue weighted by atomic mass is 32.1. The predicted molar refractivity (Wildman–Crippen MR) is 114 cm³/mol. The molecular weight excluding hydrogens is 390 g/mol. The van der Waals surface area contributed by atoms with Crippen molar-refractivity contribution >= 4 is 34.1 Å². The molecule has 2 N–H and O–H groups in total. The molecule has 160 valence electrons. The van der Waals surface area contributed by atoms with Gasteiger partial charge in [0.2, 0.25) is 5.91 Å². The second-order valence-electron chi connectivity index (χ2n) is 7.83. The van der Waals surface area contributed by atoms with Crippen molar-refractivity contribution in [2.24, 2.45) is 5.92 Å². The number of anilines is 1. The van der Waals surface area contributed by atoms with Gasteiger partial charge in [0.15, 0.2) is 0 Å². The molecule has 1 aliphatic heterocycles. The molecule has 2 amide bonds. The molecule has 0 bridgehead atoms. The number of esters is 1. The molecule has 1 aliphatic carbocycles. The van der Waals surface area contributed by atoms with E-state index in [9.17, 15) is 14.4 Å². The second kappa shape index (κ2) is 9.71. The van der Waals surface area contributed by atoms with Crippen LogP contribution in [0, 0.1) is 12.8 Å². The number of likely N-dealkylation sites (tertiary alicyclic amines) is 1. The molecule has 0 aromatic carbocycles. The molecule has 29 heavy (non-hydrogen) atoms. The number of amides is 2. The second-order valence-corrected chi connectivity index (χ2v) is 8.85. The highest BCUT2D eigenvalue weighted by Gasteiger charge is 2.34. The van der Waals surface area contributed by atoms with E-state index in [1.54, 1.807) is 20.9 Å². The van der Waals surface area contributed by atoms with E-state index in [0.29, 0.717) is 33.9 Å². The number of hydrogen-bond acceptors (Lipinski definition) is 6. The zero-order chi connectivity index (χ0) is 21.0. The summed E-state index contributed by atoms with van der Waals surface area (Å²) < 4.78 is 5.15. The van der Waals surface area contributed by atoms with Crippen LogP contribution in [-0.4, -0.2) is 55.5 Å². The Balaban J connectivity index is 1.76. The third kappa shape index (κ3) is 4.80. The fraction of sp³-hybridized carbons (Fsp3) is 0.667. The molecule has 0 unspecified atom stereocenters. The number of hydrogen-bond donors (Lipinski definition) is 2. The maximum absolute atomic E-state index is 12.8. The third-order valence-corrected chi connectivity index (χ3v) is 7.22. The first-order valence-corrected chi connectivity index (χ1v) is 11.3. The number of fused-ring (bicyclic) bond motifs is 1. The summed E-state index contributed by atoms with van der Waals surface area (Å²) >= 11 is 1.12. The number of carbonyl (C=O) groups is 3. The monoisotopic (exact) mass is 421 g/mol. The van der Waals surface area contributed by atoms with Gasteiger partial charge in [-0.25, -0.2) is 4.79 Å². The molecule has 8 heteroatoms. The van der Waals surface area contributed by atoms with E-state index < -0.39 is 5.97 Å². The standard InChI is InChI=1S/C21H31N3O4S/c1-4-28-21(27)17-13(2)18(19(26)22-3)29-20(17)23-16(25)12-24-11-7-9-14-8-5-6-10-15(14)24/h14-15H,4-12H2,1-3H3,(H,22,26)(H,23,25)/t14-,15-/m0/s1. The lowest BCUT2D eigenvalue weighted by molar-refractivity contribution is -0.118. The van der Waals surface area contributed by atoms with Crippen molar-refractivity contribution in [2.45, 2.75) is 58.4 Å². The third-order valence-electron chi connectivity index (χ3n) is 6.02. The molecule has 2 aliphatic rings. The minimum atomic E-state index is -0.517. The number of nitrogens with zero attached hydrogens (tertiary/aromatic N) is 1. The van der Waals surface area contributed by atoms with Crippen LogP contribution in [-0.2, 0) is 9.53 Å². The molecule has 2 fully saturated rings. The van der Waals surface area contributed by atoms with Gasteiger partial charge in [-0.05, 0) is 57.6 Å². The van der Waals surface area contributed by atoms with Crippen LogP contribution in [0.3, 0.4) is 0 Å². The summed E-state index contributed by atoms with van der Waals surface area (Å²) in [6.07, 6.45) is 7.32. The van der Waals surface area contributed by atoms with Gasteiger partial charge in [-0.3, -0.25) is 14.5 Å². The number of piperidine rings is 1. The van der Waals surface area contributed by atoms with Crippen molar-refractivity contribution in [2.75, 3.05) is 32.1 Å². The Morgan fingerprint density at radius 1 is 1.17 bits per heavy atom. The van der Waals surface area contributed by atoms with Crippen molar-refractivity contribution in [3.05, 3.63) is 16.0 Å². The fourth-order valence-electron chi connectivity index (χ4n) is 4.66. The van der Waals surface area contributed by atoms with E-state index in [-0.39, 0.29) is 24.0 Å². The average Bonchev–Trinajstić information content (AvgIpc) is 3.03. The Kier molecular flexibility index (Phi) is 7.29. The van der Waals surface area contributed by atoms with Gasteiger partial charge in [-0.1, -0.05) is 12.8 Å². The first-order valence-electron chi connectivity index (χ1n) is 10.5. The SMILES string of the molecule is CCOC(=O)c1c(NC(=O)CN2CCC[C@@H]3CCCC[C@@H]32)sc(C(=O)NC)c1C. The Morgan fingerprint density at radius 2 is 1.90 bits per heavy atom. The van der Waals surface area contributed by atoms with Gasteiger partial charge >= 0.3 is 5.97 Å². The minimum Gasteiger partial charge on any atom is -0.462 e. The predicted octanol–water partition coefficient (Wildman–Crippen LogP) is 3.19. The van der Waals surface area contributed by atoms with Crippen LogP contribution >= 0.6 is 11.3 Å². The first kappa shape index (κ1) is 21.8. The highest BCUT2D eigenvalue weighted by Crippen LogP contribution is 2.36. The maximum Gasteiger partial charge on any atom is 0.341 e. The lowest BCUT2D eigenvalue weighted by atomic mass is 9.78. The molecular formula is C21H31N3O4S. The van der Waals surface area contributed by atoms with E-state index in [2.05, 4.69) is 15.5 Å². The smallest absolute Gasteiger partial charge is 0.341 e. The van der Waals surface area contributed by atoms with E-state index >= 15 is 0 Å². The van der Waals surface area contributed by atoms with Crippen molar-refractivity contribution in [1.29, 1.82) is 0 Å². The van der Waals surface area contributed by atoms with Crippen LogP contribution in [0.4, 0.5) is 5.00 Å². The topological polar surface area (TPSA) is 87.7 Å². The van der Waals surface area contributed by atoms with E-state index in [4.69, 9.17) is 4.74 Å². The summed E-state index contributed by atoms with van der Waals surface area (Å²) in [5, 5.41) is 5.86. The number of nitrogens with one attached hydrogen (secondary N) is 2. The summed E-state index contributed by atoms with van der Waals surface area (Å²) in [7, 11) is 1.54. The van der Waals surface area contributed by atoms with Gasteiger partial charge in [0, 0.05) is 13.1 Å². The maximum atomic E-state index is 12.8. The van der Waals surface area contributed by atoms with Gasteiger partial charge in [0.1, 0.15) is 5.00 Å². The summed E-state index contributed by atoms with van der Waals surface area (Å²) in [6.45, 7) is 4.92. The fourth-order valence-corrected chi connectivity index (χ4v) is 5.81. The zero-order valence-corrected chi connectivity index (χ0v) is 18.3. The van der Waals surface area contributed by atoms with Crippen LogP contribution in [0.2, 0.25) is 0 Å². The Morgan fingerprint density at radius 3 is 2.62 bits per heavy atom. The van der Waals surface area contributed by atoms with Crippen LogP contribution in [0.1, 0.15) is 71.0 Å². The molecule has 2 heterocycles. The summed E-state index contributed by atoms with van der Waals surface area (Å²) in [5.41, 5.74) is 0.811. The lowest BCUT2D eigenvalue weighted by Gasteiger charge is -2.43. The van der Waals surface area contributed by atoms with Crippen molar-refractivity contribution in [3.8, 4) is 0 Å². The lowest BCUT2D eigenvalue weighted by Crippen LogP contribution is -2.49. The molecule has 1 saturated carbocycles. The van der Waals surface area contributed by atoms with Crippen LogP contribution in [0.15, 0.2) is 0 Å². The largest absolute Gasteiger partial charge is 0.462 e. The van der Waals surface area contributed by atoms with Gasteiger partial charge in [-0.2, -0.15) is 0 Å². The van der Waals surface area contributed by atoms with Crippen molar-refractivity contribution in [1.82, 2.24) is 10.2 Å². The number of ether oxygens (including phenoxy) is 1. The molecule has 1 aromatic heterocycles. The van der Waals surface area contributed by atoms with Gasteiger partial charge in [0.05, 0.1) is 23.6 Å². The van der Waals surface area contributed by atoms with E-state index in [0.717, 1.165) is 30.7 Å². The molecule has 7 nitrogen and oxygen atoms in total. The van der Waals surface area contributed by atoms with E-state index in [1.807, 2.05) is 0 Å². The normalized spacial score (nSPS) is 21.9. The molecule has 1 saturated heterocycles. The zero-order valence-electron chi connectivity index (χ0n) is 17.5. The molecule has 1 aromatic rings. The molecule has 0 radical (unpaired) electrons. The number of thiophene rings is 1. The van der Waals surface area contributed by atoms with Crippen LogP contribution in [0.25, 0.3) is 0 Å². The summed E-state index contributed by atoms with van der Waals surface area (Å²) in [5.74, 6) is -0.243. The first-order chi connectivity index (χ1) is 14.0. The Hall–Kier alpha value is -1.93. The average molecular weight is 422 g/mol. The van der Waals surface area contributed by atoms with Crippen LogP contribution in [0.5, 0.6) is 0 Å². The van der Waals surface area contributed by atoms with Gasteiger partial charge < -0.3 is 15.4 Å². The Labute approximate surface area is 176 Å². The number of rotatable bonds is 6. The number of carbonyl (C=O) groups excluding carboxylic acids is 3. The summed E-state index contributed by atoms with van der Waals surface area (Å²) in [4.78, 5) is 40.2. The minimum absolute atomic E-state index is 0.147. The molecule has 2 atom stereocenters. The Bertz CT molecular complexity index is 774. The van der Waals surface area contributed by atoms with E-state index in [1.165, 1.54) is 25.7 Å². The van der Waals surface area contributed by atoms with Gasteiger partial charge in [0.25, 0.3) is 5.91 Å². The quantitative estimate of drug-likeness (QED) is 0.689. The van der Waals surface area contributed by atoms with Crippen molar-refractivity contribution in [3.63, 3.8) is 0 Å². The van der Waals surface area contributed by atoms with Gasteiger partial charge in [-0.15, -0.1) is 11.3 Å². The molecule has 0 spiro atoms. The highest BCUT2D eigenvalue weighted by molar-refractivity contribution is 7.18. The molecule has 3 rings (SSSR count). The summed E-state index contributed by atoms with van der Waals surface area (Å²) in [6, 6.07) is 0.485. The van der Waals surface area contributed by atoms with Crippen LogP contribution < -0.4 is 10.6 Å². The van der Waals surface area contributed by atoms with Crippen molar-refractivity contribution < 1.29 is 19.1 Å².